The molecule has 25 heavy (non-hydrogen) atoms. The molecule has 1 aliphatic carbocycles. The fourth-order valence-electron chi connectivity index (χ4n) is 3.71. The minimum absolute atomic E-state index is 0.0154. The largest absolute Gasteiger partial charge is 0.352 e. The zero-order valence-corrected chi connectivity index (χ0v) is 15.2. The van der Waals surface area contributed by atoms with Gasteiger partial charge in [-0.2, -0.15) is 0 Å². The van der Waals surface area contributed by atoms with Crippen molar-refractivity contribution in [2.24, 2.45) is 25.9 Å². The Kier molecular flexibility index (Phi) is 4.53. The number of aromatic nitrogens is 4. The number of hydrogen-bond donors (Lipinski definition) is 1. The molecule has 0 aromatic carbocycles. The van der Waals surface area contributed by atoms with Crippen LogP contribution < -0.4 is 16.6 Å². The molecule has 2 aromatic rings. The summed E-state index contributed by atoms with van der Waals surface area (Å²) in [6.07, 6.45) is 4.74. The van der Waals surface area contributed by atoms with Crippen LogP contribution in [-0.2, 0) is 25.4 Å². The summed E-state index contributed by atoms with van der Waals surface area (Å²) in [5.74, 6) is 0.891. The lowest BCUT2D eigenvalue weighted by Gasteiger charge is -2.34. The zero-order valence-electron chi connectivity index (χ0n) is 15.2. The number of nitrogens with zero attached hydrogens (tertiary/aromatic N) is 4. The number of carbonyl (C=O) groups excluding carboxylic acids is 1. The van der Waals surface area contributed by atoms with Crippen molar-refractivity contribution in [2.45, 2.75) is 45.7 Å². The molecule has 1 saturated carbocycles. The minimum atomic E-state index is -0.442. The Bertz CT molecular complexity index is 923. The maximum Gasteiger partial charge on any atom is 0.332 e. The van der Waals surface area contributed by atoms with Gasteiger partial charge in [0.05, 0.1) is 6.33 Å². The van der Waals surface area contributed by atoms with E-state index >= 15 is 0 Å². The molecule has 1 N–H and O–H groups in total. The monoisotopic (exact) mass is 347 g/mol. The van der Waals surface area contributed by atoms with Crippen LogP contribution in [0.1, 0.15) is 33.1 Å². The Hall–Kier alpha value is -2.38. The molecular formula is C17H25N5O3. The van der Waals surface area contributed by atoms with Crippen LogP contribution in [0.5, 0.6) is 0 Å². The number of nitrogens with one attached hydrogen (secondary N) is 1. The van der Waals surface area contributed by atoms with Gasteiger partial charge in [-0.3, -0.25) is 18.7 Å². The number of amides is 1. The number of hydrogen-bond acceptors (Lipinski definition) is 4. The highest BCUT2D eigenvalue weighted by Crippen LogP contribution is 2.29. The molecule has 1 aliphatic rings. The molecule has 0 spiro atoms. The number of rotatable bonds is 3. The van der Waals surface area contributed by atoms with E-state index in [1.165, 1.54) is 28.9 Å². The van der Waals surface area contributed by atoms with Crippen LogP contribution >= 0.6 is 0 Å². The molecule has 1 amide bonds. The van der Waals surface area contributed by atoms with Crippen molar-refractivity contribution in [1.82, 2.24) is 24.0 Å². The molecule has 2 heterocycles. The normalized spacial score (nSPS) is 23.8. The Labute approximate surface area is 145 Å². The van der Waals surface area contributed by atoms with E-state index in [1.807, 2.05) is 0 Å². The van der Waals surface area contributed by atoms with E-state index in [0.717, 1.165) is 17.4 Å². The second kappa shape index (κ2) is 6.50. The number of fused-ring (bicyclic) bond motifs is 1. The molecule has 136 valence electrons. The van der Waals surface area contributed by atoms with Gasteiger partial charge in [0.25, 0.3) is 5.56 Å². The molecule has 3 rings (SSSR count). The highest BCUT2D eigenvalue weighted by atomic mass is 16.2. The first kappa shape index (κ1) is 17.4. The molecule has 2 aromatic heterocycles. The van der Waals surface area contributed by atoms with Crippen LogP contribution in [0, 0.1) is 11.8 Å². The molecular weight excluding hydrogens is 322 g/mol. The molecule has 8 nitrogen and oxygen atoms in total. The van der Waals surface area contributed by atoms with Crippen molar-refractivity contribution < 1.29 is 4.79 Å². The fraction of sp³-hybridized carbons (Fsp3) is 0.647. The van der Waals surface area contributed by atoms with E-state index in [0.29, 0.717) is 17.5 Å². The van der Waals surface area contributed by atoms with E-state index in [4.69, 9.17) is 0 Å². The third-order valence-electron chi connectivity index (χ3n) is 5.58. The Balaban J connectivity index is 1.85. The van der Waals surface area contributed by atoms with Gasteiger partial charge in [0.1, 0.15) is 6.54 Å². The van der Waals surface area contributed by atoms with Crippen molar-refractivity contribution in [3.8, 4) is 0 Å². The van der Waals surface area contributed by atoms with E-state index < -0.39 is 11.2 Å². The molecule has 3 unspecified atom stereocenters. The SMILES string of the molecule is CC1CCCC(NC(=O)Cn2cnc3c2c(=O)n(C)c(=O)n3C)C1C. The van der Waals surface area contributed by atoms with Crippen molar-refractivity contribution in [3.05, 3.63) is 27.2 Å². The first-order valence-corrected chi connectivity index (χ1v) is 8.71. The van der Waals surface area contributed by atoms with Gasteiger partial charge >= 0.3 is 5.69 Å². The average Bonchev–Trinajstić information content (AvgIpc) is 2.99. The second-order valence-electron chi connectivity index (χ2n) is 7.19. The lowest BCUT2D eigenvalue weighted by atomic mass is 9.78. The third kappa shape index (κ3) is 3.01. The van der Waals surface area contributed by atoms with E-state index in [-0.39, 0.29) is 24.0 Å². The first-order chi connectivity index (χ1) is 11.8. The molecule has 0 saturated heterocycles. The Morgan fingerprint density at radius 1 is 1.24 bits per heavy atom. The third-order valence-corrected chi connectivity index (χ3v) is 5.58. The van der Waals surface area contributed by atoms with Gasteiger partial charge in [-0.05, 0) is 18.3 Å². The van der Waals surface area contributed by atoms with Gasteiger partial charge in [-0.15, -0.1) is 0 Å². The van der Waals surface area contributed by atoms with Crippen molar-refractivity contribution >= 4 is 17.1 Å². The molecule has 0 bridgehead atoms. The van der Waals surface area contributed by atoms with Crippen LogP contribution in [0.15, 0.2) is 15.9 Å². The van der Waals surface area contributed by atoms with Gasteiger partial charge < -0.3 is 9.88 Å². The highest BCUT2D eigenvalue weighted by molar-refractivity contribution is 5.79. The predicted octanol–water partition coefficient (Wildman–Crippen LogP) is 0.375. The summed E-state index contributed by atoms with van der Waals surface area (Å²) in [4.78, 5) is 41.0. The minimum Gasteiger partial charge on any atom is -0.352 e. The summed E-state index contributed by atoms with van der Waals surface area (Å²) in [7, 11) is 2.99. The van der Waals surface area contributed by atoms with Gasteiger partial charge in [-0.25, -0.2) is 9.78 Å². The molecule has 0 aliphatic heterocycles. The number of imidazole rings is 1. The summed E-state index contributed by atoms with van der Waals surface area (Å²) < 4.78 is 3.86. The summed E-state index contributed by atoms with van der Waals surface area (Å²) >= 11 is 0. The maximum atomic E-state index is 12.5. The standard InChI is InChI=1S/C17H25N5O3/c1-10-6-5-7-12(11(10)2)19-13(23)8-22-9-18-15-14(22)16(24)21(4)17(25)20(15)3/h9-12H,5-8H2,1-4H3,(H,19,23). The molecule has 0 radical (unpaired) electrons. The maximum absolute atomic E-state index is 12.5. The number of aryl methyl sites for hydroxylation is 1. The Morgan fingerprint density at radius 3 is 2.68 bits per heavy atom. The fourth-order valence-corrected chi connectivity index (χ4v) is 3.71. The number of carbonyl (C=O) groups is 1. The summed E-state index contributed by atoms with van der Waals surface area (Å²) in [6, 6.07) is 0.165. The van der Waals surface area contributed by atoms with Crippen LogP contribution in [0.4, 0.5) is 0 Å². The Morgan fingerprint density at radius 2 is 1.96 bits per heavy atom. The van der Waals surface area contributed by atoms with Crippen LogP contribution in [0.3, 0.4) is 0 Å². The van der Waals surface area contributed by atoms with Crippen LogP contribution in [-0.4, -0.2) is 30.6 Å². The average molecular weight is 347 g/mol. The van der Waals surface area contributed by atoms with Crippen LogP contribution in [0.25, 0.3) is 11.2 Å². The smallest absolute Gasteiger partial charge is 0.332 e. The van der Waals surface area contributed by atoms with Gasteiger partial charge in [0.15, 0.2) is 11.2 Å². The van der Waals surface area contributed by atoms with Gasteiger partial charge in [-0.1, -0.05) is 26.7 Å². The highest BCUT2D eigenvalue weighted by Gasteiger charge is 2.28. The quantitative estimate of drug-likeness (QED) is 0.869. The van der Waals surface area contributed by atoms with Crippen LogP contribution in [0.2, 0.25) is 0 Å². The van der Waals surface area contributed by atoms with Gasteiger partial charge in [0, 0.05) is 20.1 Å². The molecule has 1 fully saturated rings. The summed E-state index contributed by atoms with van der Waals surface area (Å²) in [5.41, 5.74) is -0.314. The second-order valence-corrected chi connectivity index (χ2v) is 7.19. The molecule has 8 heteroatoms. The van der Waals surface area contributed by atoms with Crippen molar-refractivity contribution in [2.75, 3.05) is 0 Å². The van der Waals surface area contributed by atoms with Gasteiger partial charge in [0.2, 0.25) is 5.91 Å². The summed E-state index contributed by atoms with van der Waals surface area (Å²) in [5, 5.41) is 3.10. The van der Waals surface area contributed by atoms with E-state index in [2.05, 4.69) is 24.1 Å². The predicted molar refractivity (Wildman–Crippen MR) is 94.3 cm³/mol. The lowest BCUT2D eigenvalue weighted by Crippen LogP contribution is -2.45. The zero-order chi connectivity index (χ0) is 18.3. The lowest BCUT2D eigenvalue weighted by molar-refractivity contribution is -0.123. The van der Waals surface area contributed by atoms with Crippen molar-refractivity contribution in [1.29, 1.82) is 0 Å². The van der Waals surface area contributed by atoms with E-state index in [1.54, 1.807) is 7.05 Å². The van der Waals surface area contributed by atoms with E-state index in [9.17, 15) is 14.4 Å². The summed E-state index contributed by atoms with van der Waals surface area (Å²) in [6.45, 7) is 4.41. The first-order valence-electron chi connectivity index (χ1n) is 8.71. The van der Waals surface area contributed by atoms with Crippen molar-refractivity contribution in [3.63, 3.8) is 0 Å². The topological polar surface area (TPSA) is 90.9 Å². The molecule has 3 atom stereocenters.